The van der Waals surface area contributed by atoms with Crippen LogP contribution in [-0.2, 0) is 0 Å². The van der Waals surface area contributed by atoms with Crippen molar-refractivity contribution in [2.45, 2.75) is 19.4 Å². The second kappa shape index (κ2) is 3.34. The zero-order valence-electron chi connectivity index (χ0n) is 7.77. The van der Waals surface area contributed by atoms with Crippen molar-refractivity contribution in [2.75, 3.05) is 18.1 Å². The van der Waals surface area contributed by atoms with Crippen molar-refractivity contribution in [2.24, 2.45) is 0 Å². The summed E-state index contributed by atoms with van der Waals surface area (Å²) in [6.07, 6.45) is 2.89. The molecule has 1 aliphatic rings. The molecule has 0 amide bonds. The Morgan fingerprint density at radius 2 is 2.54 bits per heavy atom. The average molecular weight is 178 g/mol. The number of aromatic nitrogens is 1. The third kappa shape index (κ3) is 1.52. The van der Waals surface area contributed by atoms with E-state index in [0.717, 1.165) is 18.8 Å². The fourth-order valence-corrected chi connectivity index (χ4v) is 1.61. The van der Waals surface area contributed by atoms with Crippen LogP contribution >= 0.6 is 0 Å². The summed E-state index contributed by atoms with van der Waals surface area (Å²) < 4.78 is 0. The van der Waals surface area contributed by atoms with Crippen LogP contribution in [0.1, 0.15) is 12.0 Å². The number of nitrogens with zero attached hydrogens (tertiary/aromatic N) is 2. The van der Waals surface area contributed by atoms with Crippen LogP contribution in [0.4, 0.5) is 5.82 Å². The molecule has 0 bridgehead atoms. The molecule has 0 aliphatic carbocycles. The summed E-state index contributed by atoms with van der Waals surface area (Å²) in [5, 5.41) is 9.02. The summed E-state index contributed by atoms with van der Waals surface area (Å²) in [6.45, 7) is 3.30. The zero-order chi connectivity index (χ0) is 9.26. The molecule has 0 spiro atoms. The van der Waals surface area contributed by atoms with Gasteiger partial charge in [-0.1, -0.05) is 0 Å². The first-order valence-corrected chi connectivity index (χ1v) is 4.61. The molecule has 3 heteroatoms. The van der Waals surface area contributed by atoms with Gasteiger partial charge in [-0.05, 0) is 31.0 Å². The van der Waals surface area contributed by atoms with Gasteiger partial charge in [0.25, 0.3) is 0 Å². The van der Waals surface area contributed by atoms with Crippen molar-refractivity contribution < 1.29 is 5.11 Å². The van der Waals surface area contributed by atoms with Gasteiger partial charge in [-0.3, -0.25) is 0 Å². The lowest BCUT2D eigenvalue weighted by molar-refractivity contribution is 0.225. The number of hydrogen-bond donors (Lipinski definition) is 1. The lowest BCUT2D eigenvalue weighted by Gasteiger charge is -2.40. The molecule has 1 saturated heterocycles. The Labute approximate surface area is 78.0 Å². The Morgan fingerprint density at radius 3 is 3.08 bits per heavy atom. The normalized spacial score (nSPS) is 21.4. The number of aryl methyl sites for hydroxylation is 1. The molecular formula is C10H14N2O. The van der Waals surface area contributed by atoms with Crippen LogP contribution in [0.25, 0.3) is 0 Å². The lowest BCUT2D eigenvalue weighted by atomic mass is 10.0. The molecule has 0 saturated carbocycles. The average Bonchev–Trinajstić information content (AvgIpc) is 2.03. The minimum atomic E-state index is 0.232. The molecule has 0 radical (unpaired) electrons. The Kier molecular flexibility index (Phi) is 2.19. The first kappa shape index (κ1) is 8.51. The molecule has 13 heavy (non-hydrogen) atoms. The van der Waals surface area contributed by atoms with Crippen LogP contribution in [0, 0.1) is 6.92 Å². The van der Waals surface area contributed by atoms with Gasteiger partial charge in [0, 0.05) is 12.7 Å². The molecule has 0 aromatic carbocycles. The largest absolute Gasteiger partial charge is 0.394 e. The Balaban J connectivity index is 2.16. The van der Waals surface area contributed by atoms with Gasteiger partial charge in [0.05, 0.1) is 12.6 Å². The highest BCUT2D eigenvalue weighted by atomic mass is 16.3. The Bertz CT molecular complexity index is 299. The number of aliphatic hydroxyl groups excluding tert-OH is 1. The van der Waals surface area contributed by atoms with Gasteiger partial charge >= 0.3 is 0 Å². The smallest absolute Gasteiger partial charge is 0.129 e. The minimum Gasteiger partial charge on any atom is -0.394 e. The molecule has 2 rings (SSSR count). The van der Waals surface area contributed by atoms with Crippen molar-refractivity contribution in [3.8, 4) is 0 Å². The molecule has 1 aliphatic heterocycles. The maximum atomic E-state index is 9.02. The van der Waals surface area contributed by atoms with E-state index in [0.29, 0.717) is 0 Å². The van der Waals surface area contributed by atoms with Crippen molar-refractivity contribution >= 4 is 5.82 Å². The Hall–Kier alpha value is -1.09. The summed E-state index contributed by atoms with van der Waals surface area (Å²) in [5.41, 5.74) is 1.22. The predicted octanol–water partition coefficient (Wildman–Crippen LogP) is 0.961. The van der Waals surface area contributed by atoms with Gasteiger partial charge in [-0.2, -0.15) is 0 Å². The topological polar surface area (TPSA) is 36.4 Å². The van der Waals surface area contributed by atoms with Gasteiger partial charge < -0.3 is 10.0 Å². The molecule has 3 nitrogen and oxygen atoms in total. The summed E-state index contributed by atoms with van der Waals surface area (Å²) in [5.74, 6) is 0.991. The van der Waals surface area contributed by atoms with Gasteiger partial charge in [0.1, 0.15) is 5.82 Å². The monoisotopic (exact) mass is 178 g/mol. The quantitative estimate of drug-likeness (QED) is 0.732. The third-order valence-electron chi connectivity index (χ3n) is 2.55. The second-order valence-electron chi connectivity index (χ2n) is 3.51. The molecule has 1 aromatic heterocycles. The summed E-state index contributed by atoms with van der Waals surface area (Å²) in [6, 6.07) is 4.33. The highest BCUT2D eigenvalue weighted by Gasteiger charge is 2.27. The highest BCUT2D eigenvalue weighted by molar-refractivity contribution is 5.44. The van der Waals surface area contributed by atoms with E-state index in [4.69, 9.17) is 5.11 Å². The maximum absolute atomic E-state index is 9.02. The molecule has 0 unspecified atom stereocenters. The van der Waals surface area contributed by atoms with E-state index >= 15 is 0 Å². The Morgan fingerprint density at radius 1 is 1.69 bits per heavy atom. The second-order valence-corrected chi connectivity index (χ2v) is 3.51. The summed E-state index contributed by atoms with van der Waals surface area (Å²) in [4.78, 5) is 6.42. The molecule has 70 valence electrons. The number of aliphatic hydroxyl groups is 1. The van der Waals surface area contributed by atoms with Crippen LogP contribution in [0.5, 0.6) is 0 Å². The molecule has 1 N–H and O–H groups in total. The SMILES string of the molecule is Cc1ccnc(N2CC[C@H]2CO)c1. The first-order chi connectivity index (χ1) is 6.31. The molecule has 1 fully saturated rings. The van der Waals surface area contributed by atoms with Gasteiger partial charge in [-0.25, -0.2) is 4.98 Å². The zero-order valence-corrected chi connectivity index (χ0v) is 7.77. The van der Waals surface area contributed by atoms with Crippen molar-refractivity contribution in [1.29, 1.82) is 0 Å². The predicted molar refractivity (Wildman–Crippen MR) is 51.8 cm³/mol. The van der Waals surface area contributed by atoms with Crippen LogP contribution in [-0.4, -0.2) is 29.3 Å². The molecular weight excluding hydrogens is 164 g/mol. The summed E-state index contributed by atoms with van der Waals surface area (Å²) >= 11 is 0. The van der Waals surface area contributed by atoms with Crippen LogP contribution < -0.4 is 4.90 Å². The van der Waals surface area contributed by atoms with Crippen LogP contribution in [0.2, 0.25) is 0 Å². The fourth-order valence-electron chi connectivity index (χ4n) is 1.61. The highest BCUT2D eigenvalue weighted by Crippen LogP contribution is 2.24. The van der Waals surface area contributed by atoms with Crippen molar-refractivity contribution in [1.82, 2.24) is 4.98 Å². The third-order valence-corrected chi connectivity index (χ3v) is 2.55. The maximum Gasteiger partial charge on any atom is 0.129 e. The lowest BCUT2D eigenvalue weighted by Crippen LogP contribution is -2.50. The number of anilines is 1. The minimum absolute atomic E-state index is 0.232. The van der Waals surface area contributed by atoms with E-state index in [-0.39, 0.29) is 12.6 Å². The fraction of sp³-hybridized carbons (Fsp3) is 0.500. The van der Waals surface area contributed by atoms with Crippen molar-refractivity contribution in [3.05, 3.63) is 23.9 Å². The van der Waals surface area contributed by atoms with Gasteiger partial charge in [0.15, 0.2) is 0 Å². The number of hydrogen-bond acceptors (Lipinski definition) is 3. The number of pyridine rings is 1. The van der Waals surface area contributed by atoms with Crippen LogP contribution in [0.15, 0.2) is 18.3 Å². The van der Waals surface area contributed by atoms with Crippen LogP contribution in [0.3, 0.4) is 0 Å². The van der Waals surface area contributed by atoms with Gasteiger partial charge in [-0.15, -0.1) is 0 Å². The van der Waals surface area contributed by atoms with Gasteiger partial charge in [0.2, 0.25) is 0 Å². The molecule has 1 aromatic rings. The molecule has 1 atom stereocenters. The standard InChI is InChI=1S/C10H14N2O/c1-8-2-4-11-10(6-8)12-5-3-9(12)7-13/h2,4,6,9,13H,3,5,7H2,1H3/t9-/m0/s1. The van der Waals surface area contributed by atoms with E-state index in [2.05, 4.69) is 22.9 Å². The summed E-state index contributed by atoms with van der Waals surface area (Å²) in [7, 11) is 0. The van der Waals surface area contributed by atoms with E-state index in [9.17, 15) is 0 Å². The van der Waals surface area contributed by atoms with Crippen molar-refractivity contribution in [3.63, 3.8) is 0 Å². The number of rotatable bonds is 2. The molecule has 2 heterocycles. The van der Waals surface area contributed by atoms with E-state index < -0.39 is 0 Å². The van der Waals surface area contributed by atoms with E-state index in [1.165, 1.54) is 5.56 Å². The van der Waals surface area contributed by atoms with E-state index in [1.807, 2.05) is 12.3 Å². The first-order valence-electron chi connectivity index (χ1n) is 4.61. The van der Waals surface area contributed by atoms with E-state index in [1.54, 1.807) is 0 Å².